The summed E-state index contributed by atoms with van der Waals surface area (Å²) in [6.07, 6.45) is 1.65. The van der Waals surface area contributed by atoms with Crippen LogP contribution in [0.5, 0.6) is 0 Å². The van der Waals surface area contributed by atoms with Crippen molar-refractivity contribution in [1.82, 2.24) is 0 Å². The van der Waals surface area contributed by atoms with Crippen molar-refractivity contribution in [3.63, 3.8) is 0 Å². The number of Topliss-reactive ketones (excluding diaryl/α,β-unsaturated/α-hetero) is 1. The molecule has 0 aliphatic carbocycles. The van der Waals surface area contributed by atoms with Crippen molar-refractivity contribution in [1.29, 1.82) is 0 Å². The molecule has 2 heteroatoms. The number of hydrogen-bond donors (Lipinski definition) is 0. The minimum atomic E-state index is 0.265. The fourth-order valence-corrected chi connectivity index (χ4v) is 2.38. The van der Waals surface area contributed by atoms with E-state index in [0.717, 1.165) is 30.8 Å². The van der Waals surface area contributed by atoms with Crippen molar-refractivity contribution in [2.45, 2.75) is 33.6 Å². The Morgan fingerprint density at radius 3 is 2.59 bits per heavy atom. The molecule has 0 amide bonds. The number of carbonyl (C=O) groups is 1. The highest BCUT2D eigenvalue weighted by Crippen LogP contribution is 2.22. The number of aryl methyl sites for hydroxylation is 3. The molecule has 0 N–H and O–H groups in total. The SMILES string of the molecule is Cc1cc(C)c(C(=O)CC2CCOC2)cc1C. The van der Waals surface area contributed by atoms with Crippen LogP contribution in [0.25, 0.3) is 0 Å². The van der Waals surface area contributed by atoms with Gasteiger partial charge in [-0.1, -0.05) is 6.07 Å². The van der Waals surface area contributed by atoms with E-state index in [2.05, 4.69) is 19.9 Å². The predicted molar refractivity (Wildman–Crippen MR) is 68.5 cm³/mol. The second kappa shape index (κ2) is 5.01. The molecule has 2 rings (SSSR count). The standard InChI is InChI=1S/C15H20O2/c1-10-6-12(3)14(7-11(10)2)15(16)8-13-4-5-17-9-13/h6-7,13H,4-5,8-9H2,1-3H3. The van der Waals surface area contributed by atoms with Gasteiger partial charge in [0.05, 0.1) is 0 Å². The molecular weight excluding hydrogens is 212 g/mol. The Morgan fingerprint density at radius 1 is 1.24 bits per heavy atom. The highest BCUT2D eigenvalue weighted by Gasteiger charge is 2.21. The molecule has 1 aliphatic heterocycles. The van der Waals surface area contributed by atoms with Crippen LogP contribution in [0.2, 0.25) is 0 Å². The van der Waals surface area contributed by atoms with Gasteiger partial charge in [0.1, 0.15) is 0 Å². The summed E-state index contributed by atoms with van der Waals surface area (Å²) >= 11 is 0. The normalized spacial score (nSPS) is 19.6. The first-order chi connectivity index (χ1) is 8.08. The molecule has 92 valence electrons. The molecule has 0 radical (unpaired) electrons. The van der Waals surface area contributed by atoms with E-state index in [9.17, 15) is 4.79 Å². The van der Waals surface area contributed by atoms with Gasteiger partial charge >= 0.3 is 0 Å². The highest BCUT2D eigenvalue weighted by molar-refractivity contribution is 5.97. The number of benzene rings is 1. The van der Waals surface area contributed by atoms with Crippen LogP contribution in [0.3, 0.4) is 0 Å². The van der Waals surface area contributed by atoms with Gasteiger partial charge in [0.25, 0.3) is 0 Å². The predicted octanol–water partition coefficient (Wildman–Crippen LogP) is 3.22. The topological polar surface area (TPSA) is 26.3 Å². The molecule has 1 saturated heterocycles. The van der Waals surface area contributed by atoms with Gasteiger partial charge in [-0.05, 0) is 55.9 Å². The zero-order valence-electron chi connectivity index (χ0n) is 10.9. The van der Waals surface area contributed by atoms with Crippen molar-refractivity contribution in [3.8, 4) is 0 Å². The zero-order valence-corrected chi connectivity index (χ0v) is 10.9. The highest BCUT2D eigenvalue weighted by atomic mass is 16.5. The van der Waals surface area contributed by atoms with Crippen LogP contribution in [-0.4, -0.2) is 19.0 Å². The Labute approximate surface area is 103 Å². The summed E-state index contributed by atoms with van der Waals surface area (Å²) in [4.78, 5) is 12.2. The number of carbonyl (C=O) groups excluding carboxylic acids is 1. The quantitative estimate of drug-likeness (QED) is 0.748. The fraction of sp³-hybridized carbons (Fsp3) is 0.533. The van der Waals surface area contributed by atoms with E-state index in [0.29, 0.717) is 12.3 Å². The second-order valence-corrected chi connectivity index (χ2v) is 5.11. The van der Waals surface area contributed by atoms with Crippen LogP contribution in [-0.2, 0) is 4.74 Å². The van der Waals surface area contributed by atoms with E-state index >= 15 is 0 Å². The van der Waals surface area contributed by atoms with Gasteiger partial charge in [-0.25, -0.2) is 0 Å². The molecule has 1 fully saturated rings. The van der Waals surface area contributed by atoms with Gasteiger partial charge in [-0.15, -0.1) is 0 Å². The number of ether oxygens (including phenoxy) is 1. The molecule has 2 nitrogen and oxygen atoms in total. The van der Waals surface area contributed by atoms with Crippen LogP contribution in [0.1, 0.15) is 39.9 Å². The van der Waals surface area contributed by atoms with E-state index in [4.69, 9.17) is 4.74 Å². The first kappa shape index (κ1) is 12.3. The Balaban J connectivity index is 2.15. The molecule has 1 atom stereocenters. The van der Waals surface area contributed by atoms with Gasteiger partial charge in [0.15, 0.2) is 5.78 Å². The third kappa shape index (κ3) is 2.75. The minimum absolute atomic E-state index is 0.265. The molecular formula is C15H20O2. The maximum Gasteiger partial charge on any atom is 0.163 e. The van der Waals surface area contributed by atoms with Gasteiger partial charge in [-0.3, -0.25) is 4.79 Å². The average molecular weight is 232 g/mol. The van der Waals surface area contributed by atoms with Crippen molar-refractivity contribution in [3.05, 3.63) is 34.4 Å². The van der Waals surface area contributed by atoms with Gasteiger partial charge in [-0.2, -0.15) is 0 Å². The molecule has 17 heavy (non-hydrogen) atoms. The number of hydrogen-bond acceptors (Lipinski definition) is 2. The van der Waals surface area contributed by atoms with Gasteiger partial charge < -0.3 is 4.74 Å². The Bertz CT molecular complexity index is 429. The van der Waals surface area contributed by atoms with E-state index in [1.807, 2.05) is 13.0 Å². The van der Waals surface area contributed by atoms with Crippen molar-refractivity contribution < 1.29 is 9.53 Å². The largest absolute Gasteiger partial charge is 0.381 e. The summed E-state index contributed by atoms with van der Waals surface area (Å²) in [5.41, 5.74) is 4.43. The van der Waals surface area contributed by atoms with E-state index in [-0.39, 0.29) is 5.78 Å². The second-order valence-electron chi connectivity index (χ2n) is 5.11. The van der Waals surface area contributed by atoms with Crippen LogP contribution in [0.4, 0.5) is 0 Å². The van der Waals surface area contributed by atoms with Gasteiger partial charge in [0.2, 0.25) is 0 Å². The first-order valence-corrected chi connectivity index (χ1v) is 6.26. The van der Waals surface area contributed by atoms with Crippen LogP contribution < -0.4 is 0 Å². The molecule has 0 aromatic heterocycles. The summed E-state index contributed by atoms with van der Waals surface area (Å²) in [6.45, 7) is 7.72. The third-order valence-electron chi connectivity index (χ3n) is 3.64. The van der Waals surface area contributed by atoms with Gasteiger partial charge in [0, 0.05) is 25.2 Å². The lowest BCUT2D eigenvalue weighted by atomic mass is 9.92. The van der Waals surface area contributed by atoms with Crippen molar-refractivity contribution >= 4 is 5.78 Å². The smallest absolute Gasteiger partial charge is 0.163 e. The summed E-state index contributed by atoms with van der Waals surface area (Å²) in [6, 6.07) is 4.14. The molecule has 1 aromatic rings. The summed E-state index contributed by atoms with van der Waals surface area (Å²) in [7, 11) is 0. The van der Waals surface area contributed by atoms with E-state index in [1.165, 1.54) is 11.1 Å². The molecule has 0 saturated carbocycles. The Kier molecular flexibility index (Phi) is 3.63. The summed E-state index contributed by atoms with van der Waals surface area (Å²) in [5, 5.41) is 0. The molecule has 1 aromatic carbocycles. The van der Waals surface area contributed by atoms with Crippen molar-refractivity contribution in [2.24, 2.45) is 5.92 Å². The Morgan fingerprint density at radius 2 is 1.94 bits per heavy atom. The minimum Gasteiger partial charge on any atom is -0.381 e. The van der Waals surface area contributed by atoms with E-state index in [1.54, 1.807) is 0 Å². The third-order valence-corrected chi connectivity index (χ3v) is 3.64. The summed E-state index contributed by atoms with van der Waals surface area (Å²) < 4.78 is 5.31. The van der Waals surface area contributed by atoms with E-state index < -0.39 is 0 Å². The monoisotopic (exact) mass is 232 g/mol. The van der Waals surface area contributed by atoms with Crippen LogP contribution >= 0.6 is 0 Å². The fourth-order valence-electron chi connectivity index (χ4n) is 2.38. The molecule has 1 heterocycles. The maximum absolute atomic E-state index is 12.2. The Hall–Kier alpha value is -1.15. The van der Waals surface area contributed by atoms with Crippen molar-refractivity contribution in [2.75, 3.05) is 13.2 Å². The van der Waals surface area contributed by atoms with Crippen LogP contribution in [0.15, 0.2) is 12.1 Å². The lowest BCUT2D eigenvalue weighted by Gasteiger charge is -2.11. The maximum atomic E-state index is 12.2. The zero-order chi connectivity index (χ0) is 12.4. The average Bonchev–Trinajstić information content (AvgIpc) is 2.76. The molecule has 0 spiro atoms. The summed E-state index contributed by atoms with van der Waals surface area (Å²) in [5.74, 6) is 0.685. The molecule has 0 bridgehead atoms. The lowest BCUT2D eigenvalue weighted by molar-refractivity contribution is 0.0952. The van der Waals surface area contributed by atoms with Crippen LogP contribution in [0, 0.1) is 26.7 Å². The first-order valence-electron chi connectivity index (χ1n) is 6.26. The lowest BCUT2D eigenvalue weighted by Crippen LogP contribution is -2.10. The molecule has 1 aliphatic rings. The number of rotatable bonds is 3. The molecule has 1 unspecified atom stereocenters. The number of ketones is 1.